The summed E-state index contributed by atoms with van der Waals surface area (Å²) in [5, 5.41) is 7.95. The second-order valence-corrected chi connectivity index (χ2v) is 8.67. The SMILES string of the molecule is CN(C)c1cc(NC2CCC(NC(=O)c3ccc4c(c3)OCO4)CC2)nc2ccccc12. The molecule has 1 aromatic heterocycles. The number of carbonyl (C=O) groups is 1. The number of anilines is 2. The van der Waals surface area contributed by atoms with E-state index in [4.69, 9.17) is 14.5 Å². The fourth-order valence-electron chi connectivity index (χ4n) is 4.50. The Hall–Kier alpha value is -3.48. The lowest BCUT2D eigenvalue weighted by molar-refractivity contribution is 0.0926. The van der Waals surface area contributed by atoms with E-state index in [1.165, 1.54) is 0 Å². The number of fused-ring (bicyclic) bond motifs is 2. The van der Waals surface area contributed by atoms with Crippen molar-refractivity contribution >= 4 is 28.3 Å². The number of aromatic nitrogens is 1. The van der Waals surface area contributed by atoms with Crippen molar-refractivity contribution in [3.05, 3.63) is 54.1 Å². The zero-order valence-electron chi connectivity index (χ0n) is 18.4. The molecule has 3 aromatic rings. The first-order valence-electron chi connectivity index (χ1n) is 11.1. The highest BCUT2D eigenvalue weighted by Crippen LogP contribution is 2.33. The Labute approximate surface area is 187 Å². The van der Waals surface area contributed by atoms with E-state index in [9.17, 15) is 4.79 Å². The Morgan fingerprint density at radius 2 is 1.72 bits per heavy atom. The normalized spacial score (nSPS) is 19.6. The van der Waals surface area contributed by atoms with Gasteiger partial charge in [0.1, 0.15) is 5.82 Å². The van der Waals surface area contributed by atoms with Gasteiger partial charge >= 0.3 is 0 Å². The van der Waals surface area contributed by atoms with Gasteiger partial charge in [0.05, 0.1) is 5.52 Å². The molecule has 0 saturated heterocycles. The summed E-state index contributed by atoms with van der Waals surface area (Å²) in [5.74, 6) is 2.16. The topological polar surface area (TPSA) is 75.7 Å². The van der Waals surface area contributed by atoms with Crippen LogP contribution in [0.15, 0.2) is 48.5 Å². The number of nitrogens with one attached hydrogen (secondary N) is 2. The van der Waals surface area contributed by atoms with Gasteiger partial charge < -0.3 is 25.0 Å². The first-order valence-corrected chi connectivity index (χ1v) is 11.1. The van der Waals surface area contributed by atoms with Crippen molar-refractivity contribution in [3.8, 4) is 11.5 Å². The van der Waals surface area contributed by atoms with Gasteiger partial charge in [0.25, 0.3) is 5.91 Å². The van der Waals surface area contributed by atoms with Crippen molar-refractivity contribution in [2.75, 3.05) is 31.1 Å². The predicted octanol–water partition coefficient (Wildman–Crippen LogP) is 4.18. The summed E-state index contributed by atoms with van der Waals surface area (Å²) in [7, 11) is 4.11. The average molecular weight is 433 g/mol. The highest BCUT2D eigenvalue weighted by molar-refractivity contribution is 5.95. The summed E-state index contributed by atoms with van der Waals surface area (Å²) in [6, 6.07) is 16.2. The Balaban J connectivity index is 1.19. The number of hydrogen-bond acceptors (Lipinski definition) is 6. The third-order valence-electron chi connectivity index (χ3n) is 6.23. The maximum absolute atomic E-state index is 12.7. The molecule has 0 bridgehead atoms. The van der Waals surface area contributed by atoms with Crippen LogP contribution in [0.3, 0.4) is 0 Å². The van der Waals surface area contributed by atoms with Crippen molar-refractivity contribution in [3.63, 3.8) is 0 Å². The largest absolute Gasteiger partial charge is 0.454 e. The van der Waals surface area contributed by atoms with E-state index in [1.807, 2.05) is 12.1 Å². The Kier molecular flexibility index (Phi) is 5.47. The van der Waals surface area contributed by atoms with E-state index in [-0.39, 0.29) is 18.7 Å². The number of pyridine rings is 1. The molecule has 5 rings (SSSR count). The maximum atomic E-state index is 12.7. The second-order valence-electron chi connectivity index (χ2n) is 8.67. The van der Waals surface area contributed by atoms with Crippen LogP contribution in [0.5, 0.6) is 11.5 Å². The third-order valence-corrected chi connectivity index (χ3v) is 6.23. The van der Waals surface area contributed by atoms with Gasteiger partial charge in [-0.15, -0.1) is 0 Å². The van der Waals surface area contributed by atoms with E-state index in [2.05, 4.69) is 47.8 Å². The van der Waals surface area contributed by atoms with Crippen LogP contribution >= 0.6 is 0 Å². The highest BCUT2D eigenvalue weighted by Gasteiger charge is 2.24. The zero-order chi connectivity index (χ0) is 22.1. The van der Waals surface area contributed by atoms with Crippen LogP contribution in [-0.4, -0.2) is 43.9 Å². The second kappa shape index (κ2) is 8.57. The lowest BCUT2D eigenvalue weighted by atomic mass is 9.91. The van der Waals surface area contributed by atoms with Crippen LogP contribution in [0, 0.1) is 0 Å². The van der Waals surface area contributed by atoms with Crippen molar-refractivity contribution in [1.29, 1.82) is 0 Å². The minimum Gasteiger partial charge on any atom is -0.454 e. The fourth-order valence-corrected chi connectivity index (χ4v) is 4.50. The molecule has 166 valence electrons. The van der Waals surface area contributed by atoms with E-state index >= 15 is 0 Å². The summed E-state index contributed by atoms with van der Waals surface area (Å²) < 4.78 is 10.7. The van der Waals surface area contributed by atoms with Gasteiger partial charge in [-0.25, -0.2) is 4.98 Å². The maximum Gasteiger partial charge on any atom is 0.251 e. The molecule has 0 atom stereocenters. The van der Waals surface area contributed by atoms with Crippen LogP contribution in [0.25, 0.3) is 10.9 Å². The summed E-state index contributed by atoms with van der Waals surface area (Å²) in [6.45, 7) is 0.208. The minimum absolute atomic E-state index is 0.0634. The van der Waals surface area contributed by atoms with Gasteiger partial charge in [-0.1, -0.05) is 18.2 Å². The van der Waals surface area contributed by atoms with Gasteiger partial charge in [0.2, 0.25) is 6.79 Å². The Bertz CT molecular complexity index is 1140. The molecule has 0 spiro atoms. The van der Waals surface area contributed by atoms with Crippen LogP contribution < -0.4 is 25.0 Å². The number of amides is 1. The van der Waals surface area contributed by atoms with Gasteiger partial charge in [-0.3, -0.25) is 4.79 Å². The number of carbonyl (C=O) groups excluding carboxylic acids is 1. The molecule has 2 heterocycles. The van der Waals surface area contributed by atoms with Crippen LogP contribution in [0.4, 0.5) is 11.5 Å². The first-order chi connectivity index (χ1) is 15.6. The van der Waals surface area contributed by atoms with E-state index in [0.717, 1.165) is 48.1 Å². The van der Waals surface area contributed by atoms with E-state index in [0.29, 0.717) is 23.1 Å². The zero-order valence-corrected chi connectivity index (χ0v) is 18.4. The van der Waals surface area contributed by atoms with Crippen molar-refractivity contribution in [2.24, 2.45) is 0 Å². The smallest absolute Gasteiger partial charge is 0.251 e. The highest BCUT2D eigenvalue weighted by atomic mass is 16.7. The minimum atomic E-state index is -0.0634. The number of hydrogen-bond donors (Lipinski definition) is 2. The molecule has 1 aliphatic heterocycles. The Morgan fingerprint density at radius 3 is 2.53 bits per heavy atom. The lowest BCUT2D eigenvalue weighted by Crippen LogP contribution is -2.40. The van der Waals surface area contributed by atoms with Gasteiger partial charge in [0.15, 0.2) is 11.5 Å². The van der Waals surface area contributed by atoms with Crippen molar-refractivity contribution in [2.45, 2.75) is 37.8 Å². The average Bonchev–Trinajstić information content (AvgIpc) is 3.27. The number of rotatable bonds is 5. The molecule has 32 heavy (non-hydrogen) atoms. The summed E-state index contributed by atoms with van der Waals surface area (Å²) in [5.41, 5.74) is 2.75. The lowest BCUT2D eigenvalue weighted by Gasteiger charge is -2.30. The molecule has 1 saturated carbocycles. The third kappa shape index (κ3) is 4.15. The van der Waals surface area contributed by atoms with Crippen LogP contribution in [0.1, 0.15) is 36.0 Å². The van der Waals surface area contributed by atoms with Gasteiger partial charge in [-0.05, 0) is 49.9 Å². The molecule has 1 fully saturated rings. The fraction of sp³-hybridized carbons (Fsp3) is 0.360. The van der Waals surface area contributed by atoms with Crippen molar-refractivity contribution in [1.82, 2.24) is 10.3 Å². The predicted molar refractivity (Wildman–Crippen MR) is 126 cm³/mol. The molecular weight excluding hydrogens is 404 g/mol. The molecular formula is C25H28N4O3. The van der Waals surface area contributed by atoms with Gasteiger partial charge in [-0.2, -0.15) is 0 Å². The van der Waals surface area contributed by atoms with Crippen LogP contribution in [-0.2, 0) is 0 Å². The molecule has 2 aromatic carbocycles. The molecule has 1 aliphatic carbocycles. The standard InChI is InChI=1S/C25H28N4O3/c1-29(2)21-14-24(28-20-6-4-3-5-19(20)21)26-17-8-10-18(11-9-17)27-25(30)16-7-12-22-23(13-16)32-15-31-22/h3-7,12-14,17-18H,8-11,15H2,1-2H3,(H,26,28)(H,27,30). The van der Waals surface area contributed by atoms with Gasteiger partial charge in [0, 0.05) is 48.9 Å². The summed E-state index contributed by atoms with van der Waals surface area (Å²) in [4.78, 5) is 19.6. The molecule has 7 nitrogen and oxygen atoms in total. The monoisotopic (exact) mass is 432 g/mol. The molecule has 7 heteroatoms. The number of para-hydroxylation sites is 1. The summed E-state index contributed by atoms with van der Waals surface area (Å²) in [6.07, 6.45) is 3.83. The molecule has 2 N–H and O–H groups in total. The van der Waals surface area contributed by atoms with Crippen molar-refractivity contribution < 1.29 is 14.3 Å². The summed E-state index contributed by atoms with van der Waals surface area (Å²) >= 11 is 0. The molecule has 0 unspecified atom stereocenters. The molecule has 1 amide bonds. The number of benzene rings is 2. The molecule has 0 radical (unpaired) electrons. The quantitative estimate of drug-likeness (QED) is 0.630. The van der Waals surface area contributed by atoms with E-state index < -0.39 is 0 Å². The number of ether oxygens (including phenoxy) is 2. The van der Waals surface area contributed by atoms with Crippen LogP contribution in [0.2, 0.25) is 0 Å². The molecule has 2 aliphatic rings. The number of nitrogens with zero attached hydrogens (tertiary/aromatic N) is 2. The van der Waals surface area contributed by atoms with E-state index in [1.54, 1.807) is 18.2 Å². The Morgan fingerprint density at radius 1 is 0.969 bits per heavy atom. The first kappa shape index (κ1) is 20.4.